The topological polar surface area (TPSA) is 72.9 Å². The molecule has 2 aliphatic rings. The summed E-state index contributed by atoms with van der Waals surface area (Å²) in [5.41, 5.74) is 0. The Hall–Kier alpha value is -1.14. The number of rotatable bonds is 4. The second kappa shape index (κ2) is 6.32. The van der Waals surface area contributed by atoms with Gasteiger partial charge >= 0.3 is 0 Å². The Morgan fingerprint density at radius 3 is 2.43 bits per heavy atom. The molecular weight excluding hydrogens is 270 g/mol. The molecule has 0 saturated carbocycles. The molecular formula is C15H27N3O3. The van der Waals surface area contributed by atoms with Gasteiger partial charge in [-0.05, 0) is 39.9 Å². The number of carbonyl (C=O) groups excluding carboxylic acids is 2. The largest absolute Gasteiger partial charge is 0.393 e. The third-order valence-electron chi connectivity index (χ3n) is 5.03. The maximum atomic E-state index is 12.6. The summed E-state index contributed by atoms with van der Waals surface area (Å²) in [6.45, 7) is 5.46. The molecule has 0 aromatic rings. The summed E-state index contributed by atoms with van der Waals surface area (Å²) >= 11 is 0. The maximum Gasteiger partial charge on any atom is 0.228 e. The van der Waals surface area contributed by atoms with E-state index in [0.717, 1.165) is 25.9 Å². The average Bonchev–Trinajstić information content (AvgIpc) is 2.42. The Bertz CT molecular complexity index is 405. The Balaban J connectivity index is 1.94. The van der Waals surface area contributed by atoms with E-state index in [1.807, 2.05) is 18.9 Å². The minimum Gasteiger partial charge on any atom is -0.393 e. The molecule has 2 N–H and O–H groups in total. The number of hydrogen-bond acceptors (Lipinski definition) is 4. The van der Waals surface area contributed by atoms with E-state index < -0.39 is 12.0 Å². The lowest BCUT2D eigenvalue weighted by molar-refractivity contribution is -0.149. The molecule has 4 atom stereocenters. The fraction of sp³-hybridized carbons (Fsp3) is 0.867. The van der Waals surface area contributed by atoms with Crippen molar-refractivity contribution < 1.29 is 14.7 Å². The Labute approximate surface area is 126 Å². The third-order valence-corrected chi connectivity index (χ3v) is 5.03. The monoisotopic (exact) mass is 297 g/mol. The Morgan fingerprint density at radius 2 is 1.95 bits per heavy atom. The molecule has 6 heteroatoms. The highest BCUT2D eigenvalue weighted by molar-refractivity contribution is 5.90. The zero-order chi connectivity index (χ0) is 15.7. The highest BCUT2D eigenvalue weighted by atomic mass is 16.3. The highest BCUT2D eigenvalue weighted by Crippen LogP contribution is 2.27. The molecule has 2 rings (SSSR count). The van der Waals surface area contributed by atoms with Gasteiger partial charge in [0.05, 0.1) is 24.0 Å². The molecule has 21 heavy (non-hydrogen) atoms. The van der Waals surface area contributed by atoms with Gasteiger partial charge in [-0.15, -0.1) is 0 Å². The maximum absolute atomic E-state index is 12.6. The SMILES string of the molecule is CC(C(=O)N(C)C1CCN(C)CC1)[C@H]1NC(=O)[C@@H]1C(C)O. The van der Waals surface area contributed by atoms with Crippen molar-refractivity contribution in [1.29, 1.82) is 0 Å². The van der Waals surface area contributed by atoms with Crippen LogP contribution in [-0.4, -0.2) is 72.1 Å². The lowest BCUT2D eigenvalue weighted by Gasteiger charge is -2.43. The van der Waals surface area contributed by atoms with Crippen LogP contribution in [0, 0.1) is 11.8 Å². The van der Waals surface area contributed by atoms with E-state index in [1.54, 1.807) is 6.92 Å². The van der Waals surface area contributed by atoms with Crippen LogP contribution in [0.1, 0.15) is 26.7 Å². The number of amides is 2. The Kier molecular flexibility index (Phi) is 4.88. The second-order valence-corrected chi connectivity index (χ2v) is 6.57. The molecule has 0 spiro atoms. The first kappa shape index (κ1) is 16.2. The van der Waals surface area contributed by atoms with Crippen LogP contribution in [0.25, 0.3) is 0 Å². The number of nitrogens with zero attached hydrogens (tertiary/aromatic N) is 2. The standard InChI is InChI=1S/C15H27N3O3/c1-9(13-12(10(2)19)14(20)16-13)15(21)18(4)11-5-7-17(3)8-6-11/h9-13,19H,5-8H2,1-4H3,(H,16,20)/t9?,10?,12-,13-/m1/s1. The van der Waals surface area contributed by atoms with Crippen LogP contribution in [0.5, 0.6) is 0 Å². The molecule has 6 nitrogen and oxygen atoms in total. The third kappa shape index (κ3) is 3.21. The van der Waals surface area contributed by atoms with Crippen LogP contribution < -0.4 is 5.32 Å². The molecule has 2 heterocycles. The van der Waals surface area contributed by atoms with E-state index in [2.05, 4.69) is 17.3 Å². The fourth-order valence-corrected chi connectivity index (χ4v) is 3.41. The lowest BCUT2D eigenvalue weighted by Crippen LogP contribution is -2.66. The van der Waals surface area contributed by atoms with Crippen LogP contribution in [0.2, 0.25) is 0 Å². The molecule has 2 fully saturated rings. The van der Waals surface area contributed by atoms with E-state index in [0.29, 0.717) is 0 Å². The number of aliphatic hydroxyl groups is 1. The first-order chi connectivity index (χ1) is 9.82. The molecule has 0 bridgehead atoms. The number of carbonyl (C=O) groups is 2. The van der Waals surface area contributed by atoms with Gasteiger partial charge in [-0.25, -0.2) is 0 Å². The number of likely N-dealkylation sites (tertiary alicyclic amines) is 1. The number of nitrogens with one attached hydrogen (secondary N) is 1. The van der Waals surface area contributed by atoms with Gasteiger partial charge in [0.2, 0.25) is 11.8 Å². The normalized spacial score (nSPS) is 30.2. The summed E-state index contributed by atoms with van der Waals surface area (Å²) in [7, 11) is 3.95. The van der Waals surface area contributed by atoms with Crippen molar-refractivity contribution in [1.82, 2.24) is 15.1 Å². The molecule has 0 aliphatic carbocycles. The summed E-state index contributed by atoms with van der Waals surface area (Å²) in [5, 5.41) is 12.4. The molecule has 120 valence electrons. The molecule has 2 amide bonds. The summed E-state index contributed by atoms with van der Waals surface area (Å²) in [6.07, 6.45) is 1.26. The van der Waals surface area contributed by atoms with E-state index in [1.165, 1.54) is 0 Å². The van der Waals surface area contributed by atoms with Crippen LogP contribution in [0.15, 0.2) is 0 Å². The molecule has 0 aromatic heterocycles. The molecule has 0 radical (unpaired) electrons. The van der Waals surface area contributed by atoms with Gasteiger partial charge in [-0.2, -0.15) is 0 Å². The van der Waals surface area contributed by atoms with E-state index in [4.69, 9.17) is 0 Å². The van der Waals surface area contributed by atoms with Crippen molar-refractivity contribution in [3.8, 4) is 0 Å². The fourth-order valence-electron chi connectivity index (χ4n) is 3.41. The average molecular weight is 297 g/mol. The van der Waals surface area contributed by atoms with E-state index in [9.17, 15) is 14.7 Å². The molecule has 2 aliphatic heterocycles. The smallest absolute Gasteiger partial charge is 0.228 e. The summed E-state index contributed by atoms with van der Waals surface area (Å²) in [6, 6.07) is 0.0237. The molecule has 2 saturated heterocycles. The van der Waals surface area contributed by atoms with Crippen molar-refractivity contribution in [3.63, 3.8) is 0 Å². The number of piperidine rings is 1. The van der Waals surface area contributed by atoms with Gasteiger partial charge in [-0.3, -0.25) is 9.59 Å². The van der Waals surface area contributed by atoms with Gasteiger partial charge in [0.1, 0.15) is 0 Å². The van der Waals surface area contributed by atoms with Gasteiger partial charge in [0, 0.05) is 13.1 Å². The van der Waals surface area contributed by atoms with Crippen molar-refractivity contribution in [2.45, 2.75) is 44.9 Å². The summed E-state index contributed by atoms with van der Waals surface area (Å²) in [5.74, 6) is -0.862. The minimum atomic E-state index is -0.715. The minimum absolute atomic E-state index is 0.0557. The molecule has 2 unspecified atom stereocenters. The predicted octanol–water partition coefficient (Wildman–Crippen LogP) is -0.329. The zero-order valence-corrected chi connectivity index (χ0v) is 13.4. The van der Waals surface area contributed by atoms with Gasteiger partial charge in [-0.1, -0.05) is 6.92 Å². The number of aliphatic hydroxyl groups excluding tert-OH is 1. The van der Waals surface area contributed by atoms with Crippen LogP contribution in [-0.2, 0) is 9.59 Å². The summed E-state index contributed by atoms with van der Waals surface area (Å²) < 4.78 is 0. The first-order valence-corrected chi connectivity index (χ1v) is 7.76. The second-order valence-electron chi connectivity index (χ2n) is 6.57. The van der Waals surface area contributed by atoms with Crippen molar-refractivity contribution in [3.05, 3.63) is 0 Å². The van der Waals surface area contributed by atoms with Gasteiger partial charge in [0.15, 0.2) is 0 Å². The van der Waals surface area contributed by atoms with E-state index >= 15 is 0 Å². The van der Waals surface area contributed by atoms with Crippen molar-refractivity contribution in [2.24, 2.45) is 11.8 Å². The first-order valence-electron chi connectivity index (χ1n) is 7.76. The van der Waals surface area contributed by atoms with Crippen LogP contribution in [0.4, 0.5) is 0 Å². The number of hydrogen-bond donors (Lipinski definition) is 2. The number of β-lactam (4-membered cyclic amide) rings is 1. The lowest BCUT2D eigenvalue weighted by atomic mass is 9.78. The quantitative estimate of drug-likeness (QED) is 0.697. The Morgan fingerprint density at radius 1 is 1.38 bits per heavy atom. The molecule has 0 aromatic carbocycles. The van der Waals surface area contributed by atoms with Gasteiger partial charge in [0.25, 0.3) is 0 Å². The van der Waals surface area contributed by atoms with Gasteiger partial charge < -0.3 is 20.2 Å². The predicted molar refractivity (Wildman–Crippen MR) is 79.6 cm³/mol. The van der Waals surface area contributed by atoms with E-state index in [-0.39, 0.29) is 29.8 Å². The van der Waals surface area contributed by atoms with Crippen molar-refractivity contribution >= 4 is 11.8 Å². The van der Waals surface area contributed by atoms with Crippen LogP contribution in [0.3, 0.4) is 0 Å². The van der Waals surface area contributed by atoms with Crippen LogP contribution >= 0.6 is 0 Å². The highest BCUT2D eigenvalue weighted by Gasteiger charge is 2.48. The summed E-state index contributed by atoms with van der Waals surface area (Å²) in [4.78, 5) is 28.2. The zero-order valence-electron chi connectivity index (χ0n) is 13.4. The van der Waals surface area contributed by atoms with Crippen molar-refractivity contribution in [2.75, 3.05) is 27.2 Å².